The molecule has 8 nitrogen and oxygen atoms in total. The average molecular weight is 340 g/mol. The molecule has 1 saturated heterocycles. The number of carbonyl (C=O) groups excluding carboxylic acids is 1. The van der Waals surface area contributed by atoms with Crippen LogP contribution < -0.4 is 10.2 Å². The number of hydrogen-bond donors (Lipinski definition) is 1. The van der Waals surface area contributed by atoms with Gasteiger partial charge in [-0.1, -0.05) is 5.16 Å². The molecular weight excluding hydrogens is 320 g/mol. The van der Waals surface area contributed by atoms with Gasteiger partial charge in [-0.25, -0.2) is 9.97 Å². The first-order chi connectivity index (χ1) is 12.3. The standard InChI is InChI=1S/C17H20N6O2/c24-16(19-11-5-6-11)15-21-17(25-22-15)12-2-1-9-23(12)13-7-8-18-14(20-13)10-3-4-10/h7-8,10-12H,1-6,9H2,(H,19,24)/t12-/m1/s1. The Morgan fingerprint density at radius 1 is 1.20 bits per heavy atom. The smallest absolute Gasteiger partial charge is 0.292 e. The second kappa shape index (κ2) is 5.79. The van der Waals surface area contributed by atoms with Crippen LogP contribution in [0.3, 0.4) is 0 Å². The second-order valence-corrected chi connectivity index (χ2v) is 7.10. The summed E-state index contributed by atoms with van der Waals surface area (Å²) in [5.74, 6) is 2.71. The number of rotatable bonds is 5. The molecule has 0 bridgehead atoms. The van der Waals surface area contributed by atoms with E-state index in [2.05, 4.69) is 25.3 Å². The zero-order chi connectivity index (χ0) is 16.8. The van der Waals surface area contributed by atoms with Crippen molar-refractivity contribution in [1.29, 1.82) is 0 Å². The van der Waals surface area contributed by atoms with Crippen molar-refractivity contribution in [1.82, 2.24) is 25.4 Å². The fourth-order valence-electron chi connectivity index (χ4n) is 3.30. The summed E-state index contributed by atoms with van der Waals surface area (Å²) < 4.78 is 5.41. The van der Waals surface area contributed by atoms with E-state index in [0.29, 0.717) is 11.8 Å². The molecule has 3 fully saturated rings. The van der Waals surface area contributed by atoms with Gasteiger partial charge in [0.15, 0.2) is 0 Å². The summed E-state index contributed by atoms with van der Waals surface area (Å²) in [6.07, 6.45) is 8.18. The molecule has 0 aromatic carbocycles. The third-order valence-electron chi connectivity index (χ3n) is 4.99. The Balaban J connectivity index is 1.36. The maximum atomic E-state index is 12.1. The maximum absolute atomic E-state index is 12.1. The minimum Gasteiger partial charge on any atom is -0.346 e. The minimum atomic E-state index is -0.250. The van der Waals surface area contributed by atoms with Crippen LogP contribution in [0.1, 0.15) is 72.8 Å². The Morgan fingerprint density at radius 3 is 2.88 bits per heavy atom. The minimum absolute atomic E-state index is 0.0306. The summed E-state index contributed by atoms with van der Waals surface area (Å²) in [7, 11) is 0. The Kier molecular flexibility index (Phi) is 3.43. The molecule has 1 atom stereocenters. The summed E-state index contributed by atoms with van der Waals surface area (Å²) in [4.78, 5) is 27.7. The SMILES string of the molecule is O=C(NC1CC1)c1noc([C@H]2CCCN2c2ccnc(C3CC3)n2)n1. The predicted octanol–water partition coefficient (Wildman–Crippen LogP) is 1.97. The van der Waals surface area contributed by atoms with Gasteiger partial charge in [-0.05, 0) is 44.6 Å². The lowest BCUT2D eigenvalue weighted by Crippen LogP contribution is -2.27. The van der Waals surface area contributed by atoms with Gasteiger partial charge in [0.1, 0.15) is 17.7 Å². The normalized spacial score (nSPS) is 23.0. The first-order valence-corrected chi connectivity index (χ1v) is 9.02. The molecule has 5 rings (SSSR count). The van der Waals surface area contributed by atoms with Gasteiger partial charge in [0.25, 0.3) is 11.7 Å². The van der Waals surface area contributed by atoms with E-state index in [0.717, 1.165) is 43.9 Å². The number of carbonyl (C=O) groups is 1. The molecule has 2 aliphatic carbocycles. The second-order valence-electron chi connectivity index (χ2n) is 7.10. The van der Waals surface area contributed by atoms with Crippen LogP contribution in [-0.4, -0.2) is 38.6 Å². The Labute approximate surface area is 145 Å². The van der Waals surface area contributed by atoms with E-state index in [1.54, 1.807) is 0 Å². The van der Waals surface area contributed by atoms with Gasteiger partial charge in [0.2, 0.25) is 5.89 Å². The van der Waals surface area contributed by atoms with Crippen molar-refractivity contribution in [3.8, 4) is 0 Å². The molecule has 0 spiro atoms. The molecule has 3 aliphatic rings. The van der Waals surface area contributed by atoms with Crippen LogP contribution in [-0.2, 0) is 0 Å². The number of hydrogen-bond acceptors (Lipinski definition) is 7. The van der Waals surface area contributed by atoms with Crippen LogP contribution in [0.4, 0.5) is 5.82 Å². The Bertz CT molecular complexity index is 798. The van der Waals surface area contributed by atoms with Crippen molar-refractivity contribution in [2.75, 3.05) is 11.4 Å². The molecule has 2 aromatic heterocycles. The monoisotopic (exact) mass is 340 g/mol. The Morgan fingerprint density at radius 2 is 2.08 bits per heavy atom. The van der Waals surface area contributed by atoms with E-state index in [1.165, 1.54) is 12.8 Å². The van der Waals surface area contributed by atoms with Crippen molar-refractivity contribution < 1.29 is 9.32 Å². The lowest BCUT2D eigenvalue weighted by atomic mass is 10.2. The van der Waals surface area contributed by atoms with Crippen LogP contribution in [0.5, 0.6) is 0 Å². The fraction of sp³-hybridized carbons (Fsp3) is 0.588. The molecule has 2 aromatic rings. The number of aromatic nitrogens is 4. The molecule has 3 heterocycles. The summed E-state index contributed by atoms with van der Waals surface area (Å²) in [6, 6.07) is 2.18. The van der Waals surface area contributed by atoms with Crippen LogP contribution in [0.15, 0.2) is 16.8 Å². The van der Waals surface area contributed by atoms with E-state index in [-0.39, 0.29) is 23.8 Å². The summed E-state index contributed by atoms with van der Waals surface area (Å²) in [5.41, 5.74) is 0. The molecule has 0 radical (unpaired) electrons. The summed E-state index contributed by atoms with van der Waals surface area (Å²) >= 11 is 0. The first-order valence-electron chi connectivity index (χ1n) is 9.02. The highest BCUT2D eigenvalue weighted by molar-refractivity contribution is 5.90. The largest absolute Gasteiger partial charge is 0.346 e. The van der Waals surface area contributed by atoms with Gasteiger partial charge >= 0.3 is 0 Å². The first kappa shape index (κ1) is 14.8. The van der Waals surface area contributed by atoms with Gasteiger partial charge in [0.05, 0.1) is 0 Å². The van der Waals surface area contributed by atoms with Gasteiger partial charge < -0.3 is 14.7 Å². The van der Waals surface area contributed by atoms with Gasteiger partial charge in [-0.15, -0.1) is 0 Å². The van der Waals surface area contributed by atoms with Crippen molar-refractivity contribution in [3.05, 3.63) is 29.8 Å². The number of anilines is 1. The van der Waals surface area contributed by atoms with E-state index in [1.807, 2.05) is 12.3 Å². The van der Waals surface area contributed by atoms with Gasteiger partial charge in [-0.3, -0.25) is 4.79 Å². The van der Waals surface area contributed by atoms with Crippen molar-refractivity contribution >= 4 is 11.7 Å². The van der Waals surface area contributed by atoms with Crippen molar-refractivity contribution in [2.45, 2.75) is 56.5 Å². The number of amides is 1. The summed E-state index contributed by atoms with van der Waals surface area (Å²) in [5, 5.41) is 6.75. The maximum Gasteiger partial charge on any atom is 0.292 e. The zero-order valence-electron chi connectivity index (χ0n) is 13.9. The van der Waals surface area contributed by atoms with Crippen LogP contribution in [0.25, 0.3) is 0 Å². The average Bonchev–Trinajstić information content (AvgIpc) is 3.54. The van der Waals surface area contributed by atoms with Crippen molar-refractivity contribution in [2.24, 2.45) is 0 Å². The Hall–Kier alpha value is -2.51. The molecule has 0 unspecified atom stereocenters. The highest BCUT2D eigenvalue weighted by Gasteiger charge is 2.34. The van der Waals surface area contributed by atoms with Crippen LogP contribution in [0, 0.1) is 0 Å². The summed E-state index contributed by atoms with van der Waals surface area (Å²) in [6.45, 7) is 0.887. The van der Waals surface area contributed by atoms with Crippen LogP contribution in [0.2, 0.25) is 0 Å². The van der Waals surface area contributed by atoms with E-state index in [9.17, 15) is 4.79 Å². The predicted molar refractivity (Wildman–Crippen MR) is 88.1 cm³/mol. The van der Waals surface area contributed by atoms with E-state index in [4.69, 9.17) is 9.51 Å². The molecule has 130 valence electrons. The zero-order valence-corrected chi connectivity index (χ0v) is 13.9. The molecule has 25 heavy (non-hydrogen) atoms. The van der Waals surface area contributed by atoms with Crippen molar-refractivity contribution in [3.63, 3.8) is 0 Å². The highest BCUT2D eigenvalue weighted by atomic mass is 16.5. The van der Waals surface area contributed by atoms with Gasteiger partial charge in [0, 0.05) is 24.7 Å². The lowest BCUT2D eigenvalue weighted by Gasteiger charge is -2.23. The quantitative estimate of drug-likeness (QED) is 0.888. The topological polar surface area (TPSA) is 97.0 Å². The molecule has 1 aliphatic heterocycles. The third-order valence-corrected chi connectivity index (χ3v) is 4.99. The molecule has 1 N–H and O–H groups in total. The molecule has 1 amide bonds. The van der Waals surface area contributed by atoms with E-state index < -0.39 is 0 Å². The highest BCUT2D eigenvalue weighted by Crippen LogP contribution is 2.40. The molecule has 2 saturated carbocycles. The fourth-order valence-corrected chi connectivity index (χ4v) is 3.30. The van der Waals surface area contributed by atoms with Crippen LogP contribution >= 0.6 is 0 Å². The number of nitrogens with zero attached hydrogens (tertiary/aromatic N) is 5. The lowest BCUT2D eigenvalue weighted by molar-refractivity contribution is 0.0937. The van der Waals surface area contributed by atoms with Gasteiger partial charge in [-0.2, -0.15) is 4.98 Å². The molecular formula is C17H20N6O2. The molecule has 8 heteroatoms. The number of nitrogens with one attached hydrogen (secondary N) is 1. The van der Waals surface area contributed by atoms with E-state index >= 15 is 0 Å². The third kappa shape index (κ3) is 2.96.